The van der Waals surface area contributed by atoms with Crippen molar-refractivity contribution in [2.45, 2.75) is 52.4 Å². The molecule has 26 heavy (non-hydrogen) atoms. The highest BCUT2D eigenvalue weighted by Gasteiger charge is 2.40. The van der Waals surface area contributed by atoms with Gasteiger partial charge in [-0.3, -0.25) is 0 Å². The molecule has 0 radical (unpaired) electrons. The molecule has 2 bridgehead atoms. The molecule has 0 aromatic heterocycles. The van der Waals surface area contributed by atoms with Crippen molar-refractivity contribution in [3.05, 3.63) is 59.4 Å². The third kappa shape index (κ3) is 3.51. The summed E-state index contributed by atoms with van der Waals surface area (Å²) in [6, 6.07) is 13.5. The molecule has 2 saturated carbocycles. The summed E-state index contributed by atoms with van der Waals surface area (Å²) in [4.78, 5) is 0. The van der Waals surface area contributed by atoms with Gasteiger partial charge < -0.3 is 4.74 Å². The summed E-state index contributed by atoms with van der Waals surface area (Å²) >= 11 is 0. The lowest BCUT2D eigenvalue weighted by Crippen LogP contribution is -2.35. The van der Waals surface area contributed by atoms with Gasteiger partial charge in [-0.05, 0) is 97.6 Å². The van der Waals surface area contributed by atoms with Gasteiger partial charge in [0.25, 0.3) is 0 Å². The van der Waals surface area contributed by atoms with Crippen LogP contribution >= 0.6 is 0 Å². The average molecular weight is 352 g/mol. The number of aryl methyl sites for hydroxylation is 1. The molecule has 0 aliphatic heterocycles. The summed E-state index contributed by atoms with van der Waals surface area (Å²) in [7, 11) is 0. The molecule has 2 fully saturated rings. The fourth-order valence-electron chi connectivity index (χ4n) is 5.60. The number of hydrogen-bond donors (Lipinski definition) is 0. The van der Waals surface area contributed by atoms with Crippen molar-refractivity contribution >= 4 is 0 Å². The monoisotopic (exact) mass is 352 g/mol. The Labute approximate surface area is 156 Å². The van der Waals surface area contributed by atoms with Gasteiger partial charge in [0.1, 0.15) is 5.75 Å². The van der Waals surface area contributed by atoms with E-state index >= 15 is 0 Å². The van der Waals surface area contributed by atoms with Gasteiger partial charge in [0.2, 0.25) is 0 Å². The van der Waals surface area contributed by atoms with Crippen molar-refractivity contribution in [1.82, 2.24) is 0 Å². The maximum atomic E-state index is 14.0. The number of fused-ring (bicyclic) bond motifs is 2. The standard InChI is InChI=1S/C24H29FO/c1-15-4-9-23(22(25)12-15)26-21-7-5-19(6-8-21)24-17(3)13-18-10-16(2)11-20(24)14-18/h4-9,12,16-18,20,24H,10-11,13-14H2,1-3H3. The van der Waals surface area contributed by atoms with Gasteiger partial charge in [0, 0.05) is 0 Å². The van der Waals surface area contributed by atoms with E-state index in [-0.39, 0.29) is 5.82 Å². The first-order valence-electron chi connectivity index (χ1n) is 10.0. The molecule has 4 rings (SSSR count). The average Bonchev–Trinajstić information content (AvgIpc) is 2.58. The van der Waals surface area contributed by atoms with E-state index in [4.69, 9.17) is 4.74 Å². The summed E-state index contributed by atoms with van der Waals surface area (Å²) in [5.41, 5.74) is 2.32. The van der Waals surface area contributed by atoms with Crippen molar-refractivity contribution in [3.8, 4) is 11.5 Å². The van der Waals surface area contributed by atoms with E-state index in [1.54, 1.807) is 6.07 Å². The highest BCUT2D eigenvalue weighted by Crippen LogP contribution is 2.52. The predicted octanol–water partition coefficient (Wildman–Crippen LogP) is 7.10. The molecule has 0 saturated heterocycles. The van der Waals surface area contributed by atoms with Gasteiger partial charge in [-0.15, -0.1) is 0 Å². The zero-order chi connectivity index (χ0) is 18.3. The molecule has 2 heteroatoms. The van der Waals surface area contributed by atoms with Gasteiger partial charge in [0.15, 0.2) is 11.6 Å². The van der Waals surface area contributed by atoms with E-state index in [0.29, 0.717) is 17.4 Å². The summed E-state index contributed by atoms with van der Waals surface area (Å²) in [6.07, 6.45) is 5.53. The maximum absolute atomic E-state index is 14.0. The van der Waals surface area contributed by atoms with Crippen LogP contribution in [-0.4, -0.2) is 0 Å². The second-order valence-corrected chi connectivity index (χ2v) is 8.78. The van der Waals surface area contributed by atoms with Crippen molar-refractivity contribution < 1.29 is 9.13 Å². The molecule has 0 heterocycles. The van der Waals surface area contributed by atoms with Gasteiger partial charge in [-0.25, -0.2) is 4.39 Å². The fourth-order valence-corrected chi connectivity index (χ4v) is 5.60. The van der Waals surface area contributed by atoms with Gasteiger partial charge in [-0.2, -0.15) is 0 Å². The van der Waals surface area contributed by atoms with Gasteiger partial charge >= 0.3 is 0 Å². The van der Waals surface area contributed by atoms with Crippen molar-refractivity contribution in [2.75, 3.05) is 0 Å². The first-order chi connectivity index (χ1) is 12.5. The van der Waals surface area contributed by atoms with E-state index in [1.165, 1.54) is 37.3 Å². The van der Waals surface area contributed by atoms with Gasteiger partial charge in [0.05, 0.1) is 0 Å². The second kappa shape index (κ2) is 7.06. The van der Waals surface area contributed by atoms with Crippen molar-refractivity contribution in [2.24, 2.45) is 23.7 Å². The molecule has 5 unspecified atom stereocenters. The molecule has 2 aromatic carbocycles. The highest BCUT2D eigenvalue weighted by atomic mass is 19.1. The van der Waals surface area contributed by atoms with Crippen molar-refractivity contribution in [1.29, 1.82) is 0 Å². The molecule has 2 aliphatic carbocycles. The third-order valence-electron chi connectivity index (χ3n) is 6.48. The van der Waals surface area contributed by atoms with Crippen LogP contribution in [0.5, 0.6) is 11.5 Å². The van der Waals surface area contributed by atoms with E-state index in [2.05, 4.69) is 26.0 Å². The van der Waals surface area contributed by atoms with E-state index in [0.717, 1.165) is 29.2 Å². The molecular weight excluding hydrogens is 323 g/mol. The number of ether oxygens (including phenoxy) is 1. The highest BCUT2D eigenvalue weighted by molar-refractivity contribution is 5.36. The lowest BCUT2D eigenvalue weighted by Gasteiger charge is -2.46. The van der Waals surface area contributed by atoms with Crippen LogP contribution in [0.2, 0.25) is 0 Å². The molecule has 138 valence electrons. The molecule has 0 N–H and O–H groups in total. The zero-order valence-corrected chi connectivity index (χ0v) is 16.0. The quantitative estimate of drug-likeness (QED) is 0.572. The molecule has 0 spiro atoms. The normalized spacial score (nSPS) is 30.8. The lowest BCUT2D eigenvalue weighted by molar-refractivity contribution is 0.0854. The number of halogens is 1. The molecule has 5 atom stereocenters. The maximum Gasteiger partial charge on any atom is 0.165 e. The first-order valence-corrected chi connectivity index (χ1v) is 10.0. The number of rotatable bonds is 3. The Kier molecular flexibility index (Phi) is 4.77. The van der Waals surface area contributed by atoms with Crippen LogP contribution in [0.25, 0.3) is 0 Å². The van der Waals surface area contributed by atoms with Crippen LogP contribution in [0.4, 0.5) is 4.39 Å². The first kappa shape index (κ1) is 17.6. The molecule has 0 amide bonds. The van der Waals surface area contributed by atoms with Crippen LogP contribution in [0.3, 0.4) is 0 Å². The lowest BCUT2D eigenvalue weighted by atomic mass is 9.59. The summed E-state index contributed by atoms with van der Waals surface area (Å²) in [6.45, 7) is 6.72. The molecular formula is C24H29FO. The predicted molar refractivity (Wildman–Crippen MR) is 104 cm³/mol. The Morgan fingerprint density at radius 1 is 0.923 bits per heavy atom. The van der Waals surface area contributed by atoms with Crippen LogP contribution in [0.15, 0.2) is 42.5 Å². The van der Waals surface area contributed by atoms with Crippen LogP contribution in [-0.2, 0) is 0 Å². The largest absolute Gasteiger partial charge is 0.454 e. The minimum atomic E-state index is -0.308. The second-order valence-electron chi connectivity index (χ2n) is 8.78. The van der Waals surface area contributed by atoms with E-state index < -0.39 is 0 Å². The Balaban J connectivity index is 1.52. The summed E-state index contributed by atoms with van der Waals surface area (Å²) in [5, 5.41) is 0. The minimum Gasteiger partial charge on any atom is -0.454 e. The van der Waals surface area contributed by atoms with Crippen LogP contribution < -0.4 is 4.74 Å². The zero-order valence-electron chi connectivity index (χ0n) is 16.0. The van der Waals surface area contributed by atoms with Crippen LogP contribution in [0, 0.1) is 36.4 Å². The van der Waals surface area contributed by atoms with E-state index in [9.17, 15) is 4.39 Å². The Morgan fingerprint density at radius 3 is 2.42 bits per heavy atom. The summed E-state index contributed by atoms with van der Waals surface area (Å²) < 4.78 is 19.8. The fraction of sp³-hybridized carbons (Fsp3) is 0.500. The Hall–Kier alpha value is -1.83. The smallest absolute Gasteiger partial charge is 0.165 e. The SMILES string of the molecule is Cc1ccc(Oc2ccc(C3C(C)CC4CC(C)CC3C4)cc2)c(F)c1. The third-order valence-corrected chi connectivity index (χ3v) is 6.48. The summed E-state index contributed by atoms with van der Waals surface area (Å²) in [5.74, 6) is 4.69. The Morgan fingerprint density at radius 2 is 1.69 bits per heavy atom. The topological polar surface area (TPSA) is 9.23 Å². The van der Waals surface area contributed by atoms with Crippen molar-refractivity contribution in [3.63, 3.8) is 0 Å². The Bertz CT molecular complexity index is 762. The molecule has 1 nitrogen and oxygen atoms in total. The van der Waals surface area contributed by atoms with Gasteiger partial charge in [-0.1, -0.05) is 32.0 Å². The molecule has 2 aromatic rings. The number of hydrogen-bond acceptors (Lipinski definition) is 1. The van der Waals surface area contributed by atoms with E-state index in [1.807, 2.05) is 25.1 Å². The van der Waals surface area contributed by atoms with Crippen LogP contribution in [0.1, 0.15) is 56.6 Å². The molecule has 2 aliphatic rings. The minimum absolute atomic E-state index is 0.290. The number of benzene rings is 2.